The van der Waals surface area contributed by atoms with Crippen LogP contribution in [0, 0.1) is 0 Å². The van der Waals surface area contributed by atoms with Crippen molar-refractivity contribution in [1.29, 1.82) is 0 Å². The normalized spacial score (nSPS) is 11.8. The molecule has 0 atom stereocenters. The Bertz CT molecular complexity index is 486. The molecule has 0 bridgehead atoms. The van der Waals surface area contributed by atoms with Gasteiger partial charge in [-0.05, 0) is 24.8 Å². The van der Waals surface area contributed by atoms with Gasteiger partial charge in [-0.1, -0.05) is 107 Å². The van der Waals surface area contributed by atoms with E-state index in [1.165, 1.54) is 82.6 Å². The summed E-state index contributed by atoms with van der Waals surface area (Å²) in [7, 11) is -4.27. The maximum absolute atomic E-state index is 10.5. The van der Waals surface area contributed by atoms with Crippen LogP contribution in [-0.4, -0.2) is 16.4 Å². The lowest BCUT2D eigenvalue weighted by atomic mass is 10.0. The van der Waals surface area contributed by atoms with Crippen molar-refractivity contribution in [2.24, 2.45) is 0 Å². The highest BCUT2D eigenvalue weighted by Gasteiger charge is 2.12. The minimum Gasteiger partial charge on any atom is -0.303 e. The maximum atomic E-state index is 10.5. The molecule has 0 aromatic heterocycles. The van der Waals surface area contributed by atoms with Crippen LogP contribution < -0.4 is 0 Å². The molecule has 0 aliphatic rings. The Morgan fingerprint density at radius 3 is 1.48 bits per heavy atom. The zero-order valence-electron chi connectivity index (χ0n) is 16.9. The summed E-state index contributed by atoms with van der Waals surface area (Å²) in [6.45, 7) is 0.163. The molecule has 156 valence electrons. The van der Waals surface area contributed by atoms with Crippen molar-refractivity contribution < 1.29 is 18.9 Å². The molecule has 0 heterocycles. The first-order valence-corrected chi connectivity index (χ1v) is 12.3. The lowest BCUT2D eigenvalue weighted by molar-refractivity contribution is 0.193. The van der Waals surface area contributed by atoms with Crippen LogP contribution in [0.15, 0.2) is 30.3 Å². The molecule has 1 aromatic rings. The van der Waals surface area contributed by atoms with Gasteiger partial charge >= 0.3 is 7.82 Å². The average molecular weight is 399 g/mol. The van der Waals surface area contributed by atoms with Gasteiger partial charge in [0.05, 0.1) is 6.61 Å². The van der Waals surface area contributed by atoms with Gasteiger partial charge in [-0.3, -0.25) is 4.52 Å². The van der Waals surface area contributed by atoms with Crippen molar-refractivity contribution >= 4 is 7.82 Å². The fourth-order valence-corrected chi connectivity index (χ4v) is 3.75. The number of phosphoric ester groups is 1. The molecule has 0 aliphatic heterocycles. The first kappa shape index (κ1) is 24.4. The fraction of sp³-hybridized carbons (Fsp3) is 0.727. The number of phosphoric acid groups is 1. The molecule has 27 heavy (non-hydrogen) atoms. The minimum atomic E-state index is -4.27. The molecular formula is C22H39O4P. The second-order valence-electron chi connectivity index (χ2n) is 7.51. The number of rotatable bonds is 18. The fourth-order valence-electron chi connectivity index (χ4n) is 3.38. The summed E-state index contributed by atoms with van der Waals surface area (Å²) >= 11 is 0. The van der Waals surface area contributed by atoms with Gasteiger partial charge in [0, 0.05) is 0 Å². The smallest absolute Gasteiger partial charge is 0.303 e. The molecule has 0 aliphatic carbocycles. The van der Waals surface area contributed by atoms with Crippen LogP contribution in [0.2, 0.25) is 0 Å². The van der Waals surface area contributed by atoms with E-state index >= 15 is 0 Å². The molecule has 0 amide bonds. The summed E-state index contributed by atoms with van der Waals surface area (Å²) in [6, 6.07) is 10.8. The van der Waals surface area contributed by atoms with Crippen LogP contribution in [0.3, 0.4) is 0 Å². The molecule has 0 fully saturated rings. The first-order chi connectivity index (χ1) is 13.1. The Hall–Kier alpha value is -0.670. The van der Waals surface area contributed by atoms with Gasteiger partial charge in [-0.2, -0.15) is 0 Å². The van der Waals surface area contributed by atoms with Crippen LogP contribution in [0.4, 0.5) is 0 Å². The van der Waals surface area contributed by atoms with Crippen molar-refractivity contribution in [2.45, 2.75) is 96.3 Å². The van der Waals surface area contributed by atoms with Gasteiger partial charge in [-0.15, -0.1) is 0 Å². The molecule has 0 spiro atoms. The van der Waals surface area contributed by atoms with Gasteiger partial charge < -0.3 is 9.79 Å². The highest BCUT2D eigenvalue weighted by molar-refractivity contribution is 7.46. The predicted octanol–water partition coefficient (Wildman–Crippen LogP) is 6.80. The number of unbranched alkanes of at least 4 members (excludes halogenated alkanes) is 13. The van der Waals surface area contributed by atoms with Crippen molar-refractivity contribution in [3.63, 3.8) is 0 Å². The van der Waals surface area contributed by atoms with E-state index in [-0.39, 0.29) is 6.61 Å². The van der Waals surface area contributed by atoms with Gasteiger partial charge in [0.15, 0.2) is 0 Å². The standard InChI is InChI=1S/C22H39O4P/c23-27(24,25)26-21-17-12-10-8-6-4-2-1-3-5-7-9-11-14-18-22-19-15-13-16-20-22/h13,15-16,19-20H,1-12,14,17-18,21H2,(H2,23,24,25). The summed E-state index contributed by atoms with van der Waals surface area (Å²) in [5.74, 6) is 0. The summed E-state index contributed by atoms with van der Waals surface area (Å²) in [5, 5.41) is 0. The molecule has 0 unspecified atom stereocenters. The van der Waals surface area contributed by atoms with E-state index in [0.717, 1.165) is 19.3 Å². The molecule has 5 heteroatoms. The second-order valence-corrected chi connectivity index (χ2v) is 8.75. The van der Waals surface area contributed by atoms with E-state index < -0.39 is 7.82 Å². The van der Waals surface area contributed by atoms with Crippen molar-refractivity contribution in [3.8, 4) is 0 Å². The van der Waals surface area contributed by atoms with Crippen LogP contribution in [0.1, 0.15) is 95.5 Å². The van der Waals surface area contributed by atoms with E-state index in [1.807, 2.05) is 0 Å². The second kappa shape index (κ2) is 16.3. The van der Waals surface area contributed by atoms with Crippen LogP contribution in [-0.2, 0) is 15.5 Å². The molecule has 4 nitrogen and oxygen atoms in total. The van der Waals surface area contributed by atoms with Crippen molar-refractivity contribution in [2.75, 3.05) is 6.61 Å². The van der Waals surface area contributed by atoms with Gasteiger partial charge in [0.2, 0.25) is 0 Å². The minimum absolute atomic E-state index is 0.163. The Balaban J connectivity index is 1.71. The zero-order chi connectivity index (χ0) is 19.6. The average Bonchev–Trinajstić information content (AvgIpc) is 2.64. The third-order valence-corrected chi connectivity index (χ3v) is 5.48. The molecule has 0 saturated carbocycles. The Labute approximate surface area is 166 Å². The summed E-state index contributed by atoms with van der Waals surface area (Å²) in [5.41, 5.74) is 1.46. The topological polar surface area (TPSA) is 66.8 Å². The Kier molecular flexibility index (Phi) is 14.7. The number of benzene rings is 1. The molecule has 2 N–H and O–H groups in total. The van der Waals surface area contributed by atoms with Crippen LogP contribution in [0.5, 0.6) is 0 Å². The van der Waals surface area contributed by atoms with E-state index in [4.69, 9.17) is 9.79 Å². The van der Waals surface area contributed by atoms with Crippen LogP contribution in [0.25, 0.3) is 0 Å². The molecular weight excluding hydrogens is 359 g/mol. The predicted molar refractivity (Wildman–Crippen MR) is 113 cm³/mol. The monoisotopic (exact) mass is 398 g/mol. The number of hydrogen-bond donors (Lipinski definition) is 2. The highest BCUT2D eigenvalue weighted by atomic mass is 31.2. The van der Waals surface area contributed by atoms with Crippen LogP contribution >= 0.6 is 7.82 Å². The summed E-state index contributed by atoms with van der Waals surface area (Å²) in [6.07, 6.45) is 18.8. The lowest BCUT2D eigenvalue weighted by Gasteiger charge is -2.05. The first-order valence-electron chi connectivity index (χ1n) is 10.8. The van der Waals surface area contributed by atoms with Gasteiger partial charge in [0.25, 0.3) is 0 Å². The highest BCUT2D eigenvalue weighted by Crippen LogP contribution is 2.35. The lowest BCUT2D eigenvalue weighted by Crippen LogP contribution is -1.92. The van der Waals surface area contributed by atoms with E-state index in [9.17, 15) is 4.57 Å². The van der Waals surface area contributed by atoms with E-state index in [2.05, 4.69) is 34.9 Å². The number of aryl methyl sites for hydroxylation is 1. The van der Waals surface area contributed by atoms with Crippen molar-refractivity contribution in [3.05, 3.63) is 35.9 Å². The maximum Gasteiger partial charge on any atom is 0.469 e. The molecule has 1 rings (SSSR count). The zero-order valence-corrected chi connectivity index (χ0v) is 17.8. The van der Waals surface area contributed by atoms with Gasteiger partial charge in [0.1, 0.15) is 0 Å². The van der Waals surface area contributed by atoms with E-state index in [0.29, 0.717) is 0 Å². The van der Waals surface area contributed by atoms with Gasteiger partial charge in [-0.25, -0.2) is 4.57 Å². The Morgan fingerprint density at radius 2 is 1.04 bits per heavy atom. The SMILES string of the molecule is O=P(O)(O)OCCCCCCCCCCCCCCCCc1ccccc1. The summed E-state index contributed by atoms with van der Waals surface area (Å²) < 4.78 is 14.9. The van der Waals surface area contributed by atoms with E-state index in [1.54, 1.807) is 0 Å². The molecule has 0 radical (unpaired) electrons. The van der Waals surface area contributed by atoms with Crippen molar-refractivity contribution in [1.82, 2.24) is 0 Å². The number of hydrogen-bond acceptors (Lipinski definition) is 2. The molecule has 1 aromatic carbocycles. The third-order valence-electron chi connectivity index (χ3n) is 4.96. The Morgan fingerprint density at radius 1 is 0.630 bits per heavy atom. The molecule has 0 saturated heterocycles. The largest absolute Gasteiger partial charge is 0.469 e. The third kappa shape index (κ3) is 17.2. The quantitative estimate of drug-likeness (QED) is 0.211. The summed E-state index contributed by atoms with van der Waals surface area (Å²) in [4.78, 5) is 17.1.